The summed E-state index contributed by atoms with van der Waals surface area (Å²) in [5, 5.41) is 1.93. The van der Waals surface area contributed by atoms with Crippen molar-refractivity contribution in [3.05, 3.63) is 244 Å². The average molecular weight is 1200 g/mol. The molecule has 0 saturated carbocycles. The van der Waals surface area contributed by atoms with E-state index in [1.165, 1.54) is 0 Å². The maximum atomic E-state index is 10.4. The molecule has 12 aromatic rings. The van der Waals surface area contributed by atoms with Crippen molar-refractivity contribution in [2.24, 2.45) is 5.92 Å². The van der Waals surface area contributed by atoms with Gasteiger partial charge in [-0.2, -0.15) is 12.1 Å². The molecular formula is C70H58BN5OPt-2. The zero-order valence-electron chi connectivity index (χ0n) is 51.8. The molecule has 3 aromatic heterocycles. The number of hydrogen-bond acceptors (Lipinski definition) is 3. The molecule has 8 heteroatoms. The van der Waals surface area contributed by atoms with Crippen molar-refractivity contribution in [3.63, 3.8) is 0 Å². The van der Waals surface area contributed by atoms with Gasteiger partial charge in [-0.25, -0.2) is 0 Å². The molecule has 0 amide bonds. The van der Waals surface area contributed by atoms with Crippen LogP contribution in [0.5, 0.6) is 11.6 Å². The number of rotatable bonds is 11. The summed E-state index contributed by atoms with van der Waals surface area (Å²) in [6.45, 7) is 5.58. The Morgan fingerprint density at radius 3 is 2.12 bits per heavy atom. The van der Waals surface area contributed by atoms with Crippen LogP contribution in [-0.4, -0.2) is 25.6 Å². The van der Waals surface area contributed by atoms with Gasteiger partial charge in [-0.05, 0) is 23.9 Å². The topological polar surface area (TPSA) is 40.1 Å². The molecule has 1 aliphatic heterocycles. The number of hydrogen-bond donors (Lipinski definition) is 0. The van der Waals surface area contributed by atoms with Crippen molar-refractivity contribution < 1.29 is 35.1 Å². The van der Waals surface area contributed by atoms with E-state index >= 15 is 0 Å². The normalized spacial score (nSPS) is 14.3. The third-order valence-electron chi connectivity index (χ3n) is 14.6. The van der Waals surface area contributed by atoms with Crippen LogP contribution in [0.25, 0.3) is 77.6 Å². The van der Waals surface area contributed by atoms with Crippen LogP contribution in [0.2, 0.25) is 0 Å². The standard InChI is InChI=1S/C70H58BN5O.Pt/c1-46(2)36-49-39-60(51-23-16-20-47(3)37-51)68(61(40-49)53-41-52(50-21-10-8-11-22-50)42-54(43-53)70(5,6)7)74-45-73(62-29-14-15-30-63(62)74)56-26-17-27-57(44-56)77-67-33-19-32-66(72-67)75-64-31-18-28-59-58-35-34-48(4)38-65(58)76(69(59)64)71(75)55-24-12-9-13-25-55;/h8-30,32-35,37-43,46H,36H2,1-7H3;/q-2;/i3D3,4D3,39D,40D;. The Morgan fingerprint density at radius 1 is 0.654 bits per heavy atom. The SMILES string of the molecule is [2H]c1c(CC(C)C)c([2H])c(-c2cc(-c3ccccc3)cc(C(C)(C)C)c2)c(-n2[c](=[Pt])n(-c3[c-]c(Oc4cccc(N5B(c6ccccc6)n6c7cc(C([2H])([2H])[2H])ccc7c7cc[c-]c5c76)n4)ccc3)c3ccccc32)c1-c1cccc(C([2H])([2H])[2H])c1. The Hall–Kier alpha value is -8.25. The van der Waals surface area contributed by atoms with Crippen molar-refractivity contribution >= 4 is 56.8 Å². The van der Waals surface area contributed by atoms with Gasteiger partial charge in [0, 0.05) is 9.63 Å². The number of nitrogens with zero attached hydrogens (tertiary/aromatic N) is 5. The number of para-hydroxylation sites is 2. The first-order valence-corrected chi connectivity index (χ1v) is 27.4. The number of imidazole rings is 1. The molecule has 4 heterocycles. The van der Waals surface area contributed by atoms with E-state index < -0.39 is 20.7 Å². The van der Waals surface area contributed by atoms with Crippen molar-refractivity contribution in [2.75, 3.05) is 4.81 Å². The fourth-order valence-electron chi connectivity index (χ4n) is 11.2. The van der Waals surface area contributed by atoms with Gasteiger partial charge in [-0.1, -0.05) is 42.5 Å². The third kappa shape index (κ3) is 8.75. The third-order valence-corrected chi connectivity index (χ3v) is 15.7. The van der Waals surface area contributed by atoms with E-state index in [9.17, 15) is 2.74 Å². The van der Waals surface area contributed by atoms with Crippen molar-refractivity contribution in [3.8, 4) is 56.4 Å². The quantitative estimate of drug-likeness (QED) is 0.0957. The first-order valence-electron chi connectivity index (χ1n) is 30.3. The number of fused-ring (bicyclic) bond motifs is 4. The van der Waals surface area contributed by atoms with Gasteiger partial charge in [0.2, 0.25) is 0 Å². The summed E-state index contributed by atoms with van der Waals surface area (Å²) in [7, 11) is 0. The molecule has 0 bridgehead atoms. The summed E-state index contributed by atoms with van der Waals surface area (Å²) in [5.41, 5.74) is 12.6. The molecule has 6 nitrogen and oxygen atoms in total. The van der Waals surface area contributed by atoms with Gasteiger partial charge in [0.1, 0.15) is 0 Å². The molecule has 1 aliphatic rings. The first-order chi connectivity index (χ1) is 41.1. The van der Waals surface area contributed by atoms with Gasteiger partial charge < -0.3 is 0 Å². The van der Waals surface area contributed by atoms with Gasteiger partial charge in [0.15, 0.2) is 0 Å². The number of benzene rings is 9. The second-order valence-corrected chi connectivity index (χ2v) is 22.5. The first kappa shape index (κ1) is 40.9. The number of ether oxygens (including phenoxy) is 1. The molecule has 13 rings (SSSR count). The van der Waals surface area contributed by atoms with Crippen molar-refractivity contribution in [1.82, 2.24) is 18.6 Å². The predicted molar refractivity (Wildman–Crippen MR) is 320 cm³/mol. The Morgan fingerprint density at radius 2 is 1.35 bits per heavy atom. The monoisotopic (exact) mass is 1200 g/mol. The van der Waals surface area contributed by atoms with Gasteiger partial charge >= 0.3 is 389 Å². The summed E-state index contributed by atoms with van der Waals surface area (Å²) < 4.78 is 85.2. The van der Waals surface area contributed by atoms with E-state index in [1.54, 1.807) is 30.3 Å². The summed E-state index contributed by atoms with van der Waals surface area (Å²) in [6.07, 6.45) is 0.450. The summed E-state index contributed by atoms with van der Waals surface area (Å²) in [6, 6.07) is 70.1. The molecule has 0 N–H and O–H groups in total. The van der Waals surface area contributed by atoms with Crippen molar-refractivity contribution in [1.29, 1.82) is 0 Å². The van der Waals surface area contributed by atoms with Crippen LogP contribution in [0.15, 0.2) is 206 Å². The molecule has 0 spiro atoms. The Kier molecular flexibility index (Phi) is 10.3. The summed E-state index contributed by atoms with van der Waals surface area (Å²) >= 11 is 2.34. The number of pyridine rings is 1. The molecule has 0 radical (unpaired) electrons. The molecule has 0 atom stereocenters. The van der Waals surface area contributed by atoms with E-state index in [4.69, 9.17) is 17.9 Å². The van der Waals surface area contributed by atoms with Crippen LogP contribution in [-0.2, 0) is 31.2 Å². The van der Waals surface area contributed by atoms with Crippen LogP contribution in [0, 0.1) is 35.6 Å². The summed E-state index contributed by atoms with van der Waals surface area (Å²) in [5.74, 6) is 1.40. The molecule has 9 aromatic carbocycles. The van der Waals surface area contributed by atoms with Gasteiger partial charge in [0.05, 0.1) is 0 Å². The molecule has 0 unspecified atom stereocenters. The van der Waals surface area contributed by atoms with Crippen molar-refractivity contribution in [2.45, 2.75) is 60.2 Å². The number of aryl methyl sites for hydroxylation is 2. The number of anilines is 2. The number of aromatic nitrogens is 4. The molecule has 0 aliphatic carbocycles. The van der Waals surface area contributed by atoms with Crippen LogP contribution < -0.4 is 15.0 Å². The molecular weight excluding hydrogens is 1130 g/mol. The van der Waals surface area contributed by atoms with Gasteiger partial charge in [-0.3, -0.25) is 0 Å². The minimum atomic E-state index is -2.43. The second kappa shape index (κ2) is 19.6. The van der Waals surface area contributed by atoms with Crippen LogP contribution >= 0.6 is 0 Å². The predicted octanol–water partition coefficient (Wildman–Crippen LogP) is 16.9. The van der Waals surface area contributed by atoms with Gasteiger partial charge in [-0.15, -0.1) is 5.39 Å². The Bertz CT molecular complexity index is 4720. The van der Waals surface area contributed by atoms with E-state index in [2.05, 4.69) is 127 Å². The van der Waals surface area contributed by atoms with Crippen LogP contribution in [0.4, 0.5) is 11.5 Å². The molecule has 0 fully saturated rings. The zero-order valence-corrected chi connectivity index (χ0v) is 46.1. The summed E-state index contributed by atoms with van der Waals surface area (Å²) in [4.78, 5) is 7.32. The fourth-order valence-corrected chi connectivity index (χ4v) is 12.2. The second-order valence-electron chi connectivity index (χ2n) is 21.5. The zero-order chi connectivity index (χ0) is 60.1. The fraction of sp³-hybridized carbons (Fsp3) is 0.143. The van der Waals surface area contributed by atoms with E-state index in [1.807, 2.05) is 121 Å². The average Bonchev–Trinajstić information content (AvgIpc) is 1.55. The Balaban J connectivity index is 0.985. The maximum absolute atomic E-state index is 10.4. The molecule has 0 saturated heterocycles. The molecule has 78 heavy (non-hydrogen) atoms. The minimum absolute atomic E-state index is 0.0930. The molecule has 384 valence electrons. The van der Waals surface area contributed by atoms with Gasteiger partial charge in [0.25, 0.3) is 0 Å². The van der Waals surface area contributed by atoms with Crippen LogP contribution in [0.1, 0.15) is 67.8 Å². The van der Waals surface area contributed by atoms with E-state index in [-0.39, 0.29) is 34.5 Å². The Labute approximate surface area is 479 Å². The van der Waals surface area contributed by atoms with E-state index in [0.717, 1.165) is 66.2 Å². The van der Waals surface area contributed by atoms with E-state index in [0.29, 0.717) is 61.3 Å². The van der Waals surface area contributed by atoms with Crippen LogP contribution in [0.3, 0.4) is 0 Å².